The fraction of sp³-hybridized carbons (Fsp3) is 0.368. The van der Waals surface area contributed by atoms with Crippen LogP contribution in [0.3, 0.4) is 0 Å². The lowest BCUT2D eigenvalue weighted by Crippen LogP contribution is -2.31. The summed E-state index contributed by atoms with van der Waals surface area (Å²) >= 11 is 0. The van der Waals surface area contributed by atoms with Crippen molar-refractivity contribution < 1.29 is 18.7 Å². The highest BCUT2D eigenvalue weighted by Crippen LogP contribution is 2.18. The van der Waals surface area contributed by atoms with Gasteiger partial charge in [0.1, 0.15) is 5.76 Å². The Morgan fingerprint density at radius 2 is 1.88 bits per heavy atom. The van der Waals surface area contributed by atoms with Gasteiger partial charge in [-0.3, -0.25) is 9.59 Å². The molecule has 0 fully saturated rings. The summed E-state index contributed by atoms with van der Waals surface area (Å²) in [6.07, 6.45) is 2.34. The zero-order valence-electron chi connectivity index (χ0n) is 14.0. The van der Waals surface area contributed by atoms with Gasteiger partial charge in [0.25, 0.3) is 0 Å². The number of ether oxygens (including phenoxy) is 1. The molecule has 0 bridgehead atoms. The van der Waals surface area contributed by atoms with Crippen molar-refractivity contribution in [2.45, 2.75) is 45.3 Å². The summed E-state index contributed by atoms with van der Waals surface area (Å²) in [5, 5.41) is 2.92. The molecule has 1 atom stereocenters. The van der Waals surface area contributed by atoms with Crippen LogP contribution < -0.4 is 5.32 Å². The Labute approximate surface area is 142 Å². The van der Waals surface area contributed by atoms with Crippen molar-refractivity contribution in [2.75, 3.05) is 0 Å². The van der Waals surface area contributed by atoms with Gasteiger partial charge in [-0.1, -0.05) is 30.3 Å². The molecule has 1 aromatic heterocycles. The highest BCUT2D eigenvalue weighted by Gasteiger charge is 2.20. The molecule has 0 aliphatic rings. The smallest absolute Gasteiger partial charge is 0.308 e. The molecule has 1 N–H and O–H groups in total. The third-order valence-corrected chi connectivity index (χ3v) is 3.45. The number of carbonyl (C=O) groups excluding carboxylic acids is 2. The molecule has 0 saturated heterocycles. The summed E-state index contributed by atoms with van der Waals surface area (Å²) in [5.41, 5.74) is 0.879. The van der Waals surface area contributed by atoms with Crippen molar-refractivity contribution >= 4 is 11.9 Å². The summed E-state index contributed by atoms with van der Waals surface area (Å²) in [4.78, 5) is 24.2. The first-order valence-corrected chi connectivity index (χ1v) is 8.10. The Bertz CT molecular complexity index is 635. The molecule has 0 spiro atoms. The van der Waals surface area contributed by atoms with Gasteiger partial charge >= 0.3 is 5.97 Å². The number of esters is 1. The summed E-state index contributed by atoms with van der Waals surface area (Å²) in [6, 6.07) is 12.7. The average molecular weight is 329 g/mol. The predicted molar refractivity (Wildman–Crippen MR) is 90.2 cm³/mol. The number of nitrogens with one attached hydrogen (secondary N) is 1. The maximum Gasteiger partial charge on any atom is 0.308 e. The van der Waals surface area contributed by atoms with Crippen LogP contribution in [-0.4, -0.2) is 18.0 Å². The minimum atomic E-state index is -0.401. The molecule has 2 aromatic rings. The van der Waals surface area contributed by atoms with E-state index in [4.69, 9.17) is 9.15 Å². The van der Waals surface area contributed by atoms with Crippen LogP contribution in [0.5, 0.6) is 0 Å². The molecule has 2 rings (SSSR count). The summed E-state index contributed by atoms with van der Waals surface area (Å²) in [5.74, 6) is 0.309. The third-order valence-electron chi connectivity index (χ3n) is 3.45. The number of aryl methyl sites for hydroxylation is 1. The molecular formula is C19H23NO4. The van der Waals surface area contributed by atoms with Crippen molar-refractivity contribution in [2.24, 2.45) is 0 Å². The van der Waals surface area contributed by atoms with E-state index in [1.54, 1.807) is 26.2 Å². The largest absolute Gasteiger partial charge is 0.469 e. The van der Waals surface area contributed by atoms with E-state index < -0.39 is 6.04 Å². The van der Waals surface area contributed by atoms with E-state index in [1.807, 2.05) is 36.4 Å². The molecule has 1 amide bonds. The quantitative estimate of drug-likeness (QED) is 0.754. The first-order valence-electron chi connectivity index (χ1n) is 8.10. The maximum atomic E-state index is 12.2. The van der Waals surface area contributed by atoms with Crippen LogP contribution >= 0.6 is 0 Å². The van der Waals surface area contributed by atoms with E-state index in [-0.39, 0.29) is 24.4 Å². The van der Waals surface area contributed by atoms with E-state index in [2.05, 4.69) is 5.32 Å². The van der Waals surface area contributed by atoms with Gasteiger partial charge in [-0.2, -0.15) is 0 Å². The molecule has 0 aliphatic heterocycles. The van der Waals surface area contributed by atoms with Gasteiger partial charge in [0.2, 0.25) is 5.91 Å². The van der Waals surface area contributed by atoms with Gasteiger partial charge in [0.15, 0.2) is 0 Å². The number of hydrogen-bond acceptors (Lipinski definition) is 4. The molecule has 1 heterocycles. The highest BCUT2D eigenvalue weighted by molar-refractivity contribution is 5.78. The molecular weight excluding hydrogens is 306 g/mol. The first-order chi connectivity index (χ1) is 11.5. The zero-order chi connectivity index (χ0) is 17.4. The Kier molecular flexibility index (Phi) is 6.61. The summed E-state index contributed by atoms with van der Waals surface area (Å²) in [7, 11) is 0. The molecule has 0 aliphatic carbocycles. The van der Waals surface area contributed by atoms with Crippen molar-refractivity contribution in [1.82, 2.24) is 5.32 Å². The van der Waals surface area contributed by atoms with Gasteiger partial charge < -0.3 is 14.5 Å². The van der Waals surface area contributed by atoms with Gasteiger partial charge in [-0.25, -0.2) is 0 Å². The minimum Gasteiger partial charge on any atom is -0.469 e. The third kappa shape index (κ3) is 5.91. The second kappa shape index (κ2) is 8.91. The van der Waals surface area contributed by atoms with E-state index in [0.29, 0.717) is 12.8 Å². The van der Waals surface area contributed by atoms with Gasteiger partial charge in [0.05, 0.1) is 24.8 Å². The second-order valence-electron chi connectivity index (χ2n) is 5.85. The predicted octanol–water partition coefficient (Wildman–Crippen LogP) is 3.41. The van der Waals surface area contributed by atoms with Crippen molar-refractivity contribution in [3.8, 4) is 0 Å². The Hall–Kier alpha value is -2.56. The highest BCUT2D eigenvalue weighted by atomic mass is 16.5. The van der Waals surface area contributed by atoms with Crippen LogP contribution in [-0.2, 0) is 20.7 Å². The Morgan fingerprint density at radius 1 is 1.12 bits per heavy atom. The van der Waals surface area contributed by atoms with Gasteiger partial charge in [-0.15, -0.1) is 0 Å². The van der Waals surface area contributed by atoms with Gasteiger partial charge in [0, 0.05) is 12.8 Å². The van der Waals surface area contributed by atoms with Gasteiger partial charge in [-0.05, 0) is 31.5 Å². The van der Waals surface area contributed by atoms with Crippen LogP contribution in [0.4, 0.5) is 0 Å². The van der Waals surface area contributed by atoms with Crippen LogP contribution in [0.1, 0.15) is 44.1 Å². The monoisotopic (exact) mass is 329 g/mol. The van der Waals surface area contributed by atoms with Crippen LogP contribution in [0.15, 0.2) is 53.1 Å². The number of hydrogen-bond donors (Lipinski definition) is 1. The number of benzene rings is 1. The van der Waals surface area contributed by atoms with E-state index in [9.17, 15) is 9.59 Å². The second-order valence-corrected chi connectivity index (χ2v) is 5.85. The molecule has 0 saturated carbocycles. The lowest BCUT2D eigenvalue weighted by molar-refractivity contribution is -0.148. The van der Waals surface area contributed by atoms with Crippen molar-refractivity contribution in [1.29, 1.82) is 0 Å². The van der Waals surface area contributed by atoms with Crippen LogP contribution in [0.2, 0.25) is 0 Å². The lowest BCUT2D eigenvalue weighted by atomic mass is 10.0. The van der Waals surface area contributed by atoms with Crippen LogP contribution in [0, 0.1) is 0 Å². The normalized spacial score (nSPS) is 12.0. The number of rotatable bonds is 8. The number of carbonyl (C=O) groups is 2. The van der Waals surface area contributed by atoms with E-state index >= 15 is 0 Å². The molecule has 1 aromatic carbocycles. The zero-order valence-corrected chi connectivity index (χ0v) is 14.0. The standard InChI is InChI=1S/C19H23NO4/c1-14(2)24-19(22)13-17(15-7-4-3-5-8-15)20-18(21)11-10-16-9-6-12-23-16/h3-9,12,14,17H,10-11,13H2,1-2H3,(H,20,21). The summed E-state index contributed by atoms with van der Waals surface area (Å²) < 4.78 is 10.4. The molecule has 128 valence electrons. The first kappa shape index (κ1) is 17.8. The molecule has 1 unspecified atom stereocenters. The average Bonchev–Trinajstić information content (AvgIpc) is 3.06. The topological polar surface area (TPSA) is 68.5 Å². The lowest BCUT2D eigenvalue weighted by Gasteiger charge is -2.19. The van der Waals surface area contributed by atoms with Crippen molar-refractivity contribution in [3.63, 3.8) is 0 Å². The summed E-state index contributed by atoms with van der Waals surface area (Å²) in [6.45, 7) is 3.61. The van der Waals surface area contributed by atoms with Crippen molar-refractivity contribution in [3.05, 3.63) is 60.1 Å². The SMILES string of the molecule is CC(C)OC(=O)CC(NC(=O)CCc1ccco1)c1ccccc1. The van der Waals surface area contributed by atoms with E-state index in [1.165, 1.54) is 0 Å². The fourth-order valence-electron chi connectivity index (χ4n) is 2.37. The fourth-order valence-corrected chi connectivity index (χ4v) is 2.37. The molecule has 5 nitrogen and oxygen atoms in total. The Balaban J connectivity index is 1.97. The minimum absolute atomic E-state index is 0.106. The molecule has 5 heteroatoms. The Morgan fingerprint density at radius 3 is 2.50 bits per heavy atom. The molecule has 0 radical (unpaired) electrons. The molecule has 24 heavy (non-hydrogen) atoms. The van der Waals surface area contributed by atoms with E-state index in [0.717, 1.165) is 11.3 Å². The number of amides is 1. The van der Waals surface area contributed by atoms with Crippen LogP contribution in [0.25, 0.3) is 0 Å². The maximum absolute atomic E-state index is 12.2. The number of furan rings is 1.